The minimum absolute atomic E-state index is 0.0806. The second kappa shape index (κ2) is 8.32. The fourth-order valence-corrected chi connectivity index (χ4v) is 2.48. The van der Waals surface area contributed by atoms with E-state index in [4.69, 9.17) is 4.74 Å². The Morgan fingerprint density at radius 3 is 2.31 bits per heavy atom. The molecule has 1 aromatic rings. The molecule has 1 heterocycles. The summed E-state index contributed by atoms with van der Waals surface area (Å²) >= 11 is 0. The summed E-state index contributed by atoms with van der Waals surface area (Å²) in [5, 5.41) is 11.7. The van der Waals surface area contributed by atoms with Crippen LogP contribution in [0.2, 0.25) is 0 Å². The van der Waals surface area contributed by atoms with Crippen molar-refractivity contribution in [3.63, 3.8) is 0 Å². The Bertz CT molecular complexity index is 691. The van der Waals surface area contributed by atoms with Crippen molar-refractivity contribution in [1.29, 1.82) is 0 Å². The van der Waals surface area contributed by atoms with Crippen molar-refractivity contribution in [3.8, 4) is 0 Å². The maximum absolute atomic E-state index is 12.4. The highest BCUT2D eigenvalue weighted by molar-refractivity contribution is 6.01. The number of carbonyl (C=O) groups excluding carboxylic acids is 3. The molecule has 2 N–H and O–H groups in total. The Balaban J connectivity index is 2.11. The number of carboxylic acid groups (broad SMARTS) is 1. The molecular weight excluding hydrogens is 342 g/mol. The van der Waals surface area contributed by atoms with Crippen molar-refractivity contribution >= 4 is 24.1 Å². The molecule has 0 radical (unpaired) electrons. The van der Waals surface area contributed by atoms with Crippen LogP contribution >= 0.6 is 0 Å². The molecule has 26 heavy (non-hydrogen) atoms. The van der Waals surface area contributed by atoms with Crippen LogP contribution in [-0.4, -0.2) is 58.2 Å². The minimum atomic E-state index is -1.31. The van der Waals surface area contributed by atoms with Gasteiger partial charge in [-0.15, -0.1) is 0 Å². The lowest BCUT2D eigenvalue weighted by Crippen LogP contribution is -2.57. The molecule has 0 aliphatic carbocycles. The van der Waals surface area contributed by atoms with Crippen LogP contribution in [-0.2, 0) is 9.53 Å². The van der Waals surface area contributed by atoms with Gasteiger partial charge in [0.1, 0.15) is 0 Å². The molecule has 9 heteroatoms. The highest BCUT2D eigenvalue weighted by Gasteiger charge is 2.36. The first-order valence-electron chi connectivity index (χ1n) is 8.19. The van der Waals surface area contributed by atoms with Crippen molar-refractivity contribution in [2.75, 3.05) is 13.1 Å². The predicted octanol–water partition coefficient (Wildman–Crippen LogP) is 2.19. The number of ether oxygens (including phenoxy) is 1. The molecule has 140 valence electrons. The highest BCUT2D eigenvalue weighted by atomic mass is 16.6. The summed E-state index contributed by atoms with van der Waals surface area (Å²) in [7, 11) is 0. The van der Waals surface area contributed by atoms with Crippen molar-refractivity contribution < 1.29 is 29.0 Å². The number of rotatable bonds is 4. The molecule has 0 aromatic heterocycles. The van der Waals surface area contributed by atoms with Crippen LogP contribution in [0.1, 0.15) is 31.9 Å². The third-order valence-corrected chi connectivity index (χ3v) is 3.67. The lowest BCUT2D eigenvalue weighted by molar-refractivity contribution is -0.139. The van der Waals surface area contributed by atoms with Crippen LogP contribution in [0.3, 0.4) is 0 Å². The van der Waals surface area contributed by atoms with Gasteiger partial charge < -0.3 is 15.2 Å². The normalized spacial score (nSPS) is 15.6. The Morgan fingerprint density at radius 1 is 1.12 bits per heavy atom. The standard InChI is InChI=1S/C17H21N3O6/c1-11(2)26-17(25)20-10-6-9-19(16(20)24)15(23)18-13(14(21)22)12-7-4-3-5-8-12/h3-5,7-8,11,13H,6,9-10H2,1-2H3,(H,18,23)(H,21,22). The van der Waals surface area contributed by atoms with Gasteiger partial charge in [-0.1, -0.05) is 30.3 Å². The monoisotopic (exact) mass is 363 g/mol. The van der Waals surface area contributed by atoms with E-state index in [0.717, 1.165) is 9.80 Å². The van der Waals surface area contributed by atoms with Crippen molar-refractivity contribution in [1.82, 2.24) is 15.1 Å². The van der Waals surface area contributed by atoms with Crippen LogP contribution in [0.4, 0.5) is 14.4 Å². The van der Waals surface area contributed by atoms with Gasteiger partial charge in [-0.2, -0.15) is 0 Å². The van der Waals surface area contributed by atoms with Gasteiger partial charge in [0.2, 0.25) is 0 Å². The van der Waals surface area contributed by atoms with Gasteiger partial charge >= 0.3 is 24.1 Å². The number of hydrogen-bond acceptors (Lipinski definition) is 5. The zero-order chi connectivity index (χ0) is 19.3. The third-order valence-electron chi connectivity index (χ3n) is 3.67. The number of hydrogen-bond donors (Lipinski definition) is 2. The number of amides is 5. The zero-order valence-electron chi connectivity index (χ0n) is 14.5. The van der Waals surface area contributed by atoms with E-state index < -0.39 is 36.3 Å². The summed E-state index contributed by atoms with van der Waals surface area (Å²) in [6.45, 7) is 3.51. The first-order chi connectivity index (χ1) is 12.3. The number of imide groups is 2. The van der Waals surface area contributed by atoms with Gasteiger partial charge in [-0.05, 0) is 25.8 Å². The number of benzene rings is 1. The lowest BCUT2D eigenvalue weighted by atomic mass is 10.1. The molecular formula is C17H21N3O6. The Labute approximate surface area is 150 Å². The molecule has 1 aromatic carbocycles. The highest BCUT2D eigenvalue weighted by Crippen LogP contribution is 2.16. The quantitative estimate of drug-likeness (QED) is 0.847. The second-order valence-electron chi connectivity index (χ2n) is 6.00. The van der Waals surface area contributed by atoms with Crippen LogP contribution < -0.4 is 5.32 Å². The molecule has 5 amide bonds. The number of carboxylic acids is 1. The minimum Gasteiger partial charge on any atom is -0.479 e. The maximum atomic E-state index is 12.4. The topological polar surface area (TPSA) is 116 Å². The van der Waals surface area contributed by atoms with E-state index in [1.165, 1.54) is 0 Å². The molecule has 1 atom stereocenters. The van der Waals surface area contributed by atoms with Crippen molar-refractivity contribution in [3.05, 3.63) is 35.9 Å². The average Bonchev–Trinajstić information content (AvgIpc) is 2.59. The van der Waals surface area contributed by atoms with E-state index in [1.807, 2.05) is 0 Å². The first-order valence-corrected chi connectivity index (χ1v) is 8.19. The van der Waals surface area contributed by atoms with Gasteiger partial charge in [-0.3, -0.25) is 0 Å². The average molecular weight is 363 g/mol. The molecule has 9 nitrogen and oxygen atoms in total. The van der Waals surface area contributed by atoms with E-state index in [2.05, 4.69) is 5.32 Å². The Hall–Kier alpha value is -3.10. The number of aliphatic carboxylic acids is 1. The van der Waals surface area contributed by atoms with Crippen LogP contribution in [0.25, 0.3) is 0 Å². The van der Waals surface area contributed by atoms with Gasteiger partial charge in [-0.25, -0.2) is 29.0 Å². The Morgan fingerprint density at radius 2 is 1.73 bits per heavy atom. The summed E-state index contributed by atoms with van der Waals surface area (Å²) in [5.74, 6) is -1.26. The van der Waals surface area contributed by atoms with Gasteiger partial charge in [0.05, 0.1) is 6.10 Å². The Kier molecular flexibility index (Phi) is 6.16. The maximum Gasteiger partial charge on any atom is 0.418 e. The third kappa shape index (κ3) is 4.50. The SMILES string of the molecule is CC(C)OC(=O)N1CCCN(C(=O)NC(C(=O)O)c2ccccc2)C1=O. The number of nitrogens with zero attached hydrogens (tertiary/aromatic N) is 2. The van der Waals surface area contributed by atoms with E-state index >= 15 is 0 Å². The molecule has 2 rings (SSSR count). The summed E-state index contributed by atoms with van der Waals surface area (Å²) in [5.41, 5.74) is 0.369. The zero-order valence-corrected chi connectivity index (χ0v) is 14.5. The fourth-order valence-electron chi connectivity index (χ4n) is 2.48. The van der Waals surface area contributed by atoms with Gasteiger partial charge in [0, 0.05) is 13.1 Å². The van der Waals surface area contributed by atoms with Crippen molar-refractivity contribution in [2.24, 2.45) is 0 Å². The number of carbonyl (C=O) groups is 4. The van der Waals surface area contributed by atoms with Crippen LogP contribution in [0.5, 0.6) is 0 Å². The molecule has 0 spiro atoms. The smallest absolute Gasteiger partial charge is 0.418 e. The van der Waals surface area contributed by atoms with Crippen molar-refractivity contribution in [2.45, 2.75) is 32.4 Å². The molecule has 1 saturated heterocycles. The second-order valence-corrected chi connectivity index (χ2v) is 6.00. The molecule has 1 fully saturated rings. The van der Waals surface area contributed by atoms with E-state index in [9.17, 15) is 24.3 Å². The fraction of sp³-hybridized carbons (Fsp3) is 0.412. The number of nitrogens with one attached hydrogen (secondary N) is 1. The van der Waals surface area contributed by atoms with Crippen LogP contribution in [0.15, 0.2) is 30.3 Å². The molecule has 0 bridgehead atoms. The largest absolute Gasteiger partial charge is 0.479 e. The first kappa shape index (κ1) is 19.2. The van der Waals surface area contributed by atoms with Crippen LogP contribution in [0, 0.1) is 0 Å². The molecule has 0 saturated carbocycles. The van der Waals surface area contributed by atoms with Gasteiger partial charge in [0.15, 0.2) is 6.04 Å². The lowest BCUT2D eigenvalue weighted by Gasteiger charge is -2.33. The molecule has 1 aliphatic heterocycles. The number of urea groups is 2. The molecule has 1 aliphatic rings. The summed E-state index contributed by atoms with van der Waals surface area (Å²) in [4.78, 5) is 50.0. The van der Waals surface area contributed by atoms with Gasteiger partial charge in [0.25, 0.3) is 0 Å². The summed E-state index contributed by atoms with van der Waals surface area (Å²) < 4.78 is 4.99. The van der Waals surface area contributed by atoms with E-state index in [-0.39, 0.29) is 13.1 Å². The summed E-state index contributed by atoms with van der Waals surface area (Å²) in [6.07, 6.45) is -0.871. The van der Waals surface area contributed by atoms with E-state index in [0.29, 0.717) is 12.0 Å². The predicted molar refractivity (Wildman–Crippen MR) is 90.4 cm³/mol. The molecule has 1 unspecified atom stereocenters. The summed E-state index contributed by atoms with van der Waals surface area (Å²) in [6, 6.07) is 5.10. The van der Waals surface area contributed by atoms with E-state index in [1.54, 1.807) is 44.2 Å².